The number of fused-ring (bicyclic) bond motifs is 1. The first-order valence-electron chi connectivity index (χ1n) is 3.22. The lowest BCUT2D eigenvalue weighted by Gasteiger charge is -2.21. The molecule has 0 radical (unpaired) electrons. The Balaban J connectivity index is 2.17. The van der Waals surface area contributed by atoms with Crippen molar-refractivity contribution in [2.24, 2.45) is 0 Å². The van der Waals surface area contributed by atoms with Crippen LogP contribution in [-0.2, 0) is 0 Å². The maximum Gasteiger partial charge on any atom is 0.0658 e. The molecule has 2 aliphatic heterocycles. The average Bonchev–Trinajstić information content (AvgIpc) is 2.34. The summed E-state index contributed by atoms with van der Waals surface area (Å²) in [6, 6.07) is 0.880. The molecule has 2 aliphatic rings. The first kappa shape index (κ1) is 4.77. The predicted molar refractivity (Wildman–Crippen MR) is 32.6 cm³/mol. The number of hydrogen-bond donors (Lipinski definition) is 1. The predicted octanol–water partition coefficient (Wildman–Crippen LogP) is 0.00990. The Morgan fingerprint density at radius 2 is 2.38 bits per heavy atom. The summed E-state index contributed by atoms with van der Waals surface area (Å²) in [4.78, 5) is 2.48. The van der Waals surface area contributed by atoms with Crippen LogP contribution in [0.15, 0.2) is 0 Å². The van der Waals surface area contributed by atoms with Crippen LogP contribution in [0.2, 0.25) is 0 Å². The second kappa shape index (κ2) is 1.09. The highest BCUT2D eigenvalue weighted by atomic mass is 15.5. The van der Waals surface area contributed by atoms with Crippen molar-refractivity contribution in [3.05, 3.63) is 0 Å². The number of nitrogens with one attached hydrogen (secondary N) is 1. The lowest BCUT2D eigenvalue weighted by atomic mass is 10.2. The minimum Gasteiger partial charge on any atom is -0.298 e. The molecule has 2 heteroatoms. The molecule has 2 rings (SSSR count). The van der Waals surface area contributed by atoms with E-state index in [9.17, 15) is 0 Å². The van der Waals surface area contributed by atoms with Gasteiger partial charge in [-0.05, 0) is 13.8 Å². The average molecular weight is 112 g/mol. The standard InChI is InChI=1S/C6H12N2/c1-6(2)7-3-5-4-8(5)6/h5,7H,3-4H2,1-2H3. The third kappa shape index (κ3) is 0.446. The van der Waals surface area contributed by atoms with Crippen molar-refractivity contribution < 1.29 is 0 Å². The smallest absolute Gasteiger partial charge is 0.0658 e. The van der Waals surface area contributed by atoms with Gasteiger partial charge in [-0.2, -0.15) is 0 Å². The highest BCUT2D eigenvalue weighted by Crippen LogP contribution is 2.32. The Morgan fingerprint density at radius 1 is 1.62 bits per heavy atom. The fourth-order valence-electron chi connectivity index (χ4n) is 1.51. The third-order valence-corrected chi connectivity index (χ3v) is 2.20. The Bertz CT molecular complexity index is 120. The number of hydrogen-bond acceptors (Lipinski definition) is 2. The van der Waals surface area contributed by atoms with Crippen molar-refractivity contribution in [1.29, 1.82) is 0 Å². The summed E-state index contributed by atoms with van der Waals surface area (Å²) < 4.78 is 0. The number of nitrogens with zero attached hydrogens (tertiary/aromatic N) is 1. The summed E-state index contributed by atoms with van der Waals surface area (Å²) in [6.07, 6.45) is 0. The molecule has 2 unspecified atom stereocenters. The zero-order valence-corrected chi connectivity index (χ0v) is 5.44. The molecule has 2 fully saturated rings. The van der Waals surface area contributed by atoms with E-state index in [-0.39, 0.29) is 0 Å². The monoisotopic (exact) mass is 112 g/mol. The molecule has 1 N–H and O–H groups in total. The molecule has 46 valence electrons. The van der Waals surface area contributed by atoms with Gasteiger partial charge >= 0.3 is 0 Å². The molecule has 0 saturated carbocycles. The van der Waals surface area contributed by atoms with E-state index >= 15 is 0 Å². The van der Waals surface area contributed by atoms with Gasteiger partial charge < -0.3 is 0 Å². The highest BCUT2D eigenvalue weighted by molar-refractivity contribution is 5.05. The van der Waals surface area contributed by atoms with E-state index in [1.54, 1.807) is 0 Å². The van der Waals surface area contributed by atoms with Crippen LogP contribution in [0.25, 0.3) is 0 Å². The van der Waals surface area contributed by atoms with Gasteiger partial charge in [0, 0.05) is 19.1 Å². The Morgan fingerprint density at radius 3 is 2.50 bits per heavy atom. The summed E-state index contributed by atoms with van der Waals surface area (Å²) in [5.41, 5.74) is 0.310. The molecule has 0 aromatic heterocycles. The minimum atomic E-state index is 0.310. The first-order chi connectivity index (χ1) is 3.70. The van der Waals surface area contributed by atoms with Crippen molar-refractivity contribution in [1.82, 2.24) is 10.2 Å². The maximum atomic E-state index is 3.42. The molecule has 0 aromatic rings. The lowest BCUT2D eigenvalue weighted by molar-refractivity contribution is 0.269. The summed E-state index contributed by atoms with van der Waals surface area (Å²) in [5.74, 6) is 0. The van der Waals surface area contributed by atoms with Crippen LogP contribution in [0, 0.1) is 0 Å². The van der Waals surface area contributed by atoms with Gasteiger partial charge in [0.2, 0.25) is 0 Å². The number of rotatable bonds is 0. The van der Waals surface area contributed by atoms with Gasteiger partial charge in [-0.25, -0.2) is 0 Å². The van der Waals surface area contributed by atoms with E-state index in [2.05, 4.69) is 24.1 Å². The molecule has 0 bridgehead atoms. The van der Waals surface area contributed by atoms with E-state index in [1.165, 1.54) is 13.1 Å². The zero-order chi connectivity index (χ0) is 5.78. The molecule has 2 nitrogen and oxygen atoms in total. The van der Waals surface area contributed by atoms with Gasteiger partial charge in [-0.3, -0.25) is 10.2 Å². The molecule has 2 saturated heterocycles. The van der Waals surface area contributed by atoms with Crippen LogP contribution in [0.3, 0.4) is 0 Å². The molecular weight excluding hydrogens is 100 g/mol. The lowest BCUT2D eigenvalue weighted by Crippen LogP contribution is -2.41. The Hall–Kier alpha value is -0.0800. The van der Waals surface area contributed by atoms with E-state index < -0.39 is 0 Å². The van der Waals surface area contributed by atoms with Gasteiger partial charge in [0.25, 0.3) is 0 Å². The molecule has 0 aromatic carbocycles. The quantitative estimate of drug-likeness (QED) is 0.444. The van der Waals surface area contributed by atoms with E-state index in [0.29, 0.717) is 5.66 Å². The molecular formula is C6H12N2. The summed E-state index contributed by atoms with van der Waals surface area (Å²) >= 11 is 0. The summed E-state index contributed by atoms with van der Waals surface area (Å²) in [6.45, 7) is 6.99. The largest absolute Gasteiger partial charge is 0.298 e. The van der Waals surface area contributed by atoms with Gasteiger partial charge in [-0.15, -0.1) is 0 Å². The van der Waals surface area contributed by atoms with Crippen molar-refractivity contribution >= 4 is 0 Å². The third-order valence-electron chi connectivity index (χ3n) is 2.20. The van der Waals surface area contributed by atoms with Crippen molar-refractivity contribution in [2.75, 3.05) is 13.1 Å². The van der Waals surface area contributed by atoms with Crippen molar-refractivity contribution in [3.63, 3.8) is 0 Å². The van der Waals surface area contributed by atoms with Crippen LogP contribution in [0.1, 0.15) is 13.8 Å². The summed E-state index contributed by atoms with van der Waals surface area (Å²) in [5, 5.41) is 3.42. The second-order valence-corrected chi connectivity index (χ2v) is 3.25. The van der Waals surface area contributed by atoms with Crippen LogP contribution in [-0.4, -0.2) is 29.7 Å². The van der Waals surface area contributed by atoms with Crippen LogP contribution in [0.5, 0.6) is 0 Å². The fraction of sp³-hybridized carbons (Fsp3) is 1.00. The van der Waals surface area contributed by atoms with Crippen molar-refractivity contribution in [3.8, 4) is 0 Å². The van der Waals surface area contributed by atoms with E-state index in [1.807, 2.05) is 0 Å². The van der Waals surface area contributed by atoms with E-state index in [0.717, 1.165) is 6.04 Å². The van der Waals surface area contributed by atoms with Crippen molar-refractivity contribution in [2.45, 2.75) is 25.6 Å². The van der Waals surface area contributed by atoms with Crippen LogP contribution in [0.4, 0.5) is 0 Å². The van der Waals surface area contributed by atoms with Gasteiger partial charge in [0.05, 0.1) is 5.66 Å². The molecule has 0 amide bonds. The summed E-state index contributed by atoms with van der Waals surface area (Å²) in [7, 11) is 0. The Kier molecular flexibility index (Phi) is 0.649. The topological polar surface area (TPSA) is 15.0 Å². The van der Waals surface area contributed by atoms with Gasteiger partial charge in [0.1, 0.15) is 0 Å². The fourth-order valence-corrected chi connectivity index (χ4v) is 1.51. The van der Waals surface area contributed by atoms with Crippen LogP contribution >= 0.6 is 0 Å². The maximum absolute atomic E-state index is 3.42. The molecule has 2 atom stereocenters. The highest BCUT2D eigenvalue weighted by Gasteiger charge is 2.49. The van der Waals surface area contributed by atoms with E-state index in [4.69, 9.17) is 0 Å². The van der Waals surface area contributed by atoms with Crippen LogP contribution < -0.4 is 5.32 Å². The minimum absolute atomic E-state index is 0.310. The molecule has 8 heavy (non-hydrogen) atoms. The zero-order valence-electron chi connectivity index (χ0n) is 5.44. The molecule has 0 spiro atoms. The second-order valence-electron chi connectivity index (χ2n) is 3.25. The van der Waals surface area contributed by atoms with Gasteiger partial charge in [0.15, 0.2) is 0 Å². The normalized spacial score (nSPS) is 48.8. The Labute approximate surface area is 49.9 Å². The van der Waals surface area contributed by atoms with Gasteiger partial charge in [-0.1, -0.05) is 0 Å². The SMILES string of the molecule is CC1(C)NCC2CN21. The molecule has 2 heterocycles. The first-order valence-corrected chi connectivity index (χ1v) is 3.22. The molecule has 0 aliphatic carbocycles.